The summed E-state index contributed by atoms with van der Waals surface area (Å²) in [7, 11) is 0. The SMILES string of the molecule is C[C@H]1CNC[C@@H](NC(=O)OC(C)(C)C)C1.[HH].[HH]. The number of hydrogen-bond acceptors (Lipinski definition) is 3. The average molecular weight is 218 g/mol. The number of piperidine rings is 1. The summed E-state index contributed by atoms with van der Waals surface area (Å²) in [5, 5.41) is 6.16. The summed E-state index contributed by atoms with van der Waals surface area (Å²) in [5.74, 6) is 0.610. The lowest BCUT2D eigenvalue weighted by molar-refractivity contribution is 0.0491. The van der Waals surface area contributed by atoms with E-state index in [1.807, 2.05) is 20.8 Å². The number of rotatable bonds is 1. The Morgan fingerprint density at radius 2 is 2.13 bits per heavy atom. The third-order valence-corrected chi connectivity index (χ3v) is 2.29. The second-order valence-corrected chi connectivity index (χ2v) is 5.34. The predicted molar refractivity (Wildman–Crippen MR) is 64.0 cm³/mol. The number of hydrogen-bond donors (Lipinski definition) is 2. The Labute approximate surface area is 94.7 Å². The predicted octanol–water partition coefficient (Wildman–Crippen LogP) is 2.00. The molecule has 1 saturated heterocycles. The lowest BCUT2D eigenvalue weighted by Gasteiger charge is -2.29. The van der Waals surface area contributed by atoms with Gasteiger partial charge in [0.15, 0.2) is 0 Å². The van der Waals surface area contributed by atoms with E-state index in [4.69, 9.17) is 4.74 Å². The van der Waals surface area contributed by atoms with E-state index in [0.29, 0.717) is 5.92 Å². The fraction of sp³-hybridized carbons (Fsp3) is 0.909. The van der Waals surface area contributed by atoms with Gasteiger partial charge in [0, 0.05) is 15.4 Å². The molecule has 0 spiro atoms. The van der Waals surface area contributed by atoms with Crippen molar-refractivity contribution in [1.29, 1.82) is 0 Å². The minimum absolute atomic E-state index is 0. The van der Waals surface area contributed by atoms with Crippen LogP contribution in [0.2, 0.25) is 0 Å². The fourth-order valence-corrected chi connectivity index (χ4v) is 1.74. The molecule has 1 rings (SSSR count). The number of carbonyl (C=O) groups excluding carboxylic acids is 1. The minimum Gasteiger partial charge on any atom is -0.444 e. The molecule has 15 heavy (non-hydrogen) atoms. The van der Waals surface area contributed by atoms with Crippen LogP contribution in [0.15, 0.2) is 0 Å². The Morgan fingerprint density at radius 1 is 1.47 bits per heavy atom. The molecule has 2 N–H and O–H groups in total. The van der Waals surface area contributed by atoms with Gasteiger partial charge in [-0.2, -0.15) is 0 Å². The van der Waals surface area contributed by atoms with Crippen LogP contribution in [0.5, 0.6) is 0 Å². The van der Waals surface area contributed by atoms with Crippen molar-refractivity contribution in [1.82, 2.24) is 10.6 Å². The summed E-state index contributed by atoms with van der Waals surface area (Å²) in [4.78, 5) is 11.5. The highest BCUT2D eigenvalue weighted by Gasteiger charge is 2.23. The molecule has 4 nitrogen and oxygen atoms in total. The summed E-state index contributed by atoms with van der Waals surface area (Å²) >= 11 is 0. The summed E-state index contributed by atoms with van der Waals surface area (Å²) in [6.45, 7) is 9.66. The van der Waals surface area contributed by atoms with Crippen LogP contribution in [0.1, 0.15) is 37.0 Å². The number of nitrogens with one attached hydrogen (secondary N) is 2. The third-order valence-electron chi connectivity index (χ3n) is 2.29. The Hall–Kier alpha value is -0.770. The van der Waals surface area contributed by atoms with Gasteiger partial charge in [0.1, 0.15) is 5.60 Å². The van der Waals surface area contributed by atoms with Gasteiger partial charge in [-0.25, -0.2) is 4.79 Å². The van der Waals surface area contributed by atoms with Crippen LogP contribution in [-0.4, -0.2) is 30.8 Å². The fourth-order valence-electron chi connectivity index (χ4n) is 1.74. The van der Waals surface area contributed by atoms with Gasteiger partial charge in [-0.3, -0.25) is 0 Å². The van der Waals surface area contributed by atoms with Gasteiger partial charge < -0.3 is 15.4 Å². The molecule has 1 aliphatic heterocycles. The molecule has 1 aliphatic rings. The van der Waals surface area contributed by atoms with Crippen molar-refractivity contribution >= 4 is 6.09 Å². The zero-order valence-electron chi connectivity index (χ0n) is 10.1. The highest BCUT2D eigenvalue weighted by molar-refractivity contribution is 5.68. The number of carbonyl (C=O) groups is 1. The van der Waals surface area contributed by atoms with Crippen molar-refractivity contribution in [3.05, 3.63) is 0 Å². The van der Waals surface area contributed by atoms with Crippen LogP contribution in [0.4, 0.5) is 4.79 Å². The van der Waals surface area contributed by atoms with Crippen LogP contribution in [0.25, 0.3) is 0 Å². The first-order chi connectivity index (χ1) is 6.87. The molecule has 0 radical (unpaired) electrons. The standard InChI is InChI=1S/C11H22N2O2.2H2/c1-8-5-9(7-12-6-8)13-10(14)15-11(2,3)4;;/h8-9,12H,5-7H2,1-4H3,(H,13,14);2*1H/t8-,9+;;/m1../s1. The molecule has 4 heteroatoms. The van der Waals surface area contributed by atoms with E-state index in [1.54, 1.807) is 0 Å². The van der Waals surface area contributed by atoms with Gasteiger partial charge >= 0.3 is 6.09 Å². The maximum atomic E-state index is 11.5. The summed E-state index contributed by atoms with van der Waals surface area (Å²) in [5.41, 5.74) is -0.419. The molecule has 1 fully saturated rings. The van der Waals surface area contributed by atoms with Crippen molar-refractivity contribution in [2.45, 2.75) is 45.8 Å². The molecule has 0 saturated carbocycles. The zero-order valence-corrected chi connectivity index (χ0v) is 10.1. The van der Waals surface area contributed by atoms with E-state index in [-0.39, 0.29) is 15.0 Å². The van der Waals surface area contributed by atoms with E-state index in [1.165, 1.54) is 0 Å². The average Bonchev–Trinajstić information content (AvgIpc) is 1.99. The molecule has 0 bridgehead atoms. The van der Waals surface area contributed by atoms with E-state index in [2.05, 4.69) is 17.6 Å². The minimum atomic E-state index is -0.419. The van der Waals surface area contributed by atoms with Crippen LogP contribution in [-0.2, 0) is 4.74 Å². The highest BCUT2D eigenvalue weighted by atomic mass is 16.6. The maximum Gasteiger partial charge on any atom is 0.407 e. The summed E-state index contributed by atoms with van der Waals surface area (Å²) in [6, 6.07) is 0.198. The molecule has 92 valence electrons. The van der Waals surface area contributed by atoms with Crippen molar-refractivity contribution < 1.29 is 12.4 Å². The van der Waals surface area contributed by atoms with Gasteiger partial charge in [-0.15, -0.1) is 0 Å². The van der Waals surface area contributed by atoms with Crippen molar-refractivity contribution in [3.8, 4) is 0 Å². The molecular weight excluding hydrogens is 192 g/mol. The first-order valence-electron chi connectivity index (χ1n) is 5.57. The molecule has 0 aliphatic carbocycles. The largest absolute Gasteiger partial charge is 0.444 e. The first kappa shape index (κ1) is 12.3. The van der Waals surface area contributed by atoms with Gasteiger partial charge in [-0.1, -0.05) is 6.92 Å². The van der Waals surface area contributed by atoms with E-state index in [0.717, 1.165) is 19.5 Å². The quantitative estimate of drug-likeness (QED) is 0.708. The van der Waals surface area contributed by atoms with Crippen LogP contribution >= 0.6 is 0 Å². The highest BCUT2D eigenvalue weighted by Crippen LogP contribution is 2.11. The molecule has 0 unspecified atom stereocenters. The number of alkyl carbamates (subject to hydrolysis) is 1. The van der Waals surface area contributed by atoms with E-state index >= 15 is 0 Å². The van der Waals surface area contributed by atoms with Crippen molar-refractivity contribution in [3.63, 3.8) is 0 Å². The topological polar surface area (TPSA) is 50.4 Å². The lowest BCUT2D eigenvalue weighted by atomic mass is 9.98. The molecule has 0 aromatic rings. The van der Waals surface area contributed by atoms with E-state index in [9.17, 15) is 4.79 Å². The molecule has 2 atom stereocenters. The molecule has 0 aromatic carbocycles. The van der Waals surface area contributed by atoms with Crippen molar-refractivity contribution in [2.24, 2.45) is 5.92 Å². The number of ether oxygens (including phenoxy) is 1. The number of amides is 1. The van der Waals surface area contributed by atoms with Gasteiger partial charge in [0.05, 0.1) is 0 Å². The Balaban J connectivity index is 0. The third kappa shape index (κ3) is 5.02. The second kappa shape index (κ2) is 4.84. The van der Waals surface area contributed by atoms with Crippen LogP contribution < -0.4 is 10.6 Å². The van der Waals surface area contributed by atoms with Gasteiger partial charge in [0.2, 0.25) is 0 Å². The zero-order chi connectivity index (χ0) is 11.5. The normalized spacial score (nSPS) is 27.2. The summed E-state index contributed by atoms with van der Waals surface area (Å²) in [6.07, 6.45) is 0.704. The van der Waals surface area contributed by atoms with Gasteiger partial charge in [0.25, 0.3) is 0 Å². The monoisotopic (exact) mass is 218 g/mol. The van der Waals surface area contributed by atoms with Crippen LogP contribution in [0.3, 0.4) is 0 Å². The first-order valence-corrected chi connectivity index (χ1v) is 5.57. The van der Waals surface area contributed by atoms with Crippen molar-refractivity contribution in [2.75, 3.05) is 13.1 Å². The lowest BCUT2D eigenvalue weighted by Crippen LogP contribution is -2.49. The molecule has 1 heterocycles. The van der Waals surface area contributed by atoms with Gasteiger partial charge in [-0.05, 0) is 39.7 Å². The smallest absolute Gasteiger partial charge is 0.407 e. The second-order valence-electron chi connectivity index (χ2n) is 5.34. The molecule has 0 aromatic heterocycles. The maximum absolute atomic E-state index is 11.5. The van der Waals surface area contributed by atoms with E-state index < -0.39 is 5.60 Å². The Bertz CT molecular complexity index is 232. The van der Waals surface area contributed by atoms with Crippen LogP contribution in [0, 0.1) is 5.92 Å². The summed E-state index contributed by atoms with van der Waals surface area (Å²) < 4.78 is 5.20. The molecular formula is C11H26N2O2. The Kier molecular flexibility index (Phi) is 3.97. The Morgan fingerprint density at radius 3 is 2.67 bits per heavy atom. The molecule has 1 amide bonds.